The maximum Gasteiger partial charge on any atom is 0.266 e. The summed E-state index contributed by atoms with van der Waals surface area (Å²) in [6, 6.07) is -0.131. The fraction of sp³-hybridized carbons (Fsp3) is 0.867. The van der Waals surface area contributed by atoms with E-state index in [9.17, 15) is 0 Å². The molecule has 1 atom stereocenters. The van der Waals surface area contributed by atoms with Crippen LogP contribution in [0, 0.1) is 5.92 Å². The second kappa shape index (κ2) is 7.75. The predicted octanol–water partition coefficient (Wildman–Crippen LogP) is 2.04. The van der Waals surface area contributed by atoms with Crippen molar-refractivity contribution in [1.29, 1.82) is 0 Å². The van der Waals surface area contributed by atoms with E-state index in [1.165, 1.54) is 0 Å². The molecule has 0 aromatic carbocycles. The molecule has 0 aliphatic carbocycles. The minimum absolute atomic E-state index is 0.131. The molecule has 2 N–H and O–H groups in total. The smallest absolute Gasteiger partial charge is 0.266 e. The molecular formula is C15H29N5O. The highest BCUT2D eigenvalue weighted by atomic mass is 16.5. The van der Waals surface area contributed by atoms with Gasteiger partial charge < -0.3 is 15.2 Å². The highest BCUT2D eigenvalue weighted by Gasteiger charge is 2.22. The van der Waals surface area contributed by atoms with Gasteiger partial charge in [-0.15, -0.1) is 0 Å². The number of piperazine rings is 1. The summed E-state index contributed by atoms with van der Waals surface area (Å²) in [6.45, 7) is 11.9. The van der Waals surface area contributed by atoms with Crippen molar-refractivity contribution in [3.05, 3.63) is 5.89 Å². The van der Waals surface area contributed by atoms with Crippen LogP contribution >= 0.6 is 0 Å². The molecule has 21 heavy (non-hydrogen) atoms. The number of rotatable bonds is 7. The van der Waals surface area contributed by atoms with E-state index in [-0.39, 0.29) is 6.04 Å². The highest BCUT2D eigenvalue weighted by molar-refractivity contribution is 5.28. The summed E-state index contributed by atoms with van der Waals surface area (Å²) in [5, 5.41) is 4.10. The van der Waals surface area contributed by atoms with Crippen LogP contribution in [-0.2, 0) is 0 Å². The average Bonchev–Trinajstić information content (AvgIpc) is 2.95. The van der Waals surface area contributed by atoms with Crippen molar-refractivity contribution in [3.63, 3.8) is 0 Å². The van der Waals surface area contributed by atoms with E-state index in [0.29, 0.717) is 17.8 Å². The zero-order valence-electron chi connectivity index (χ0n) is 13.6. The molecule has 1 saturated heterocycles. The van der Waals surface area contributed by atoms with Crippen molar-refractivity contribution in [2.75, 3.05) is 37.6 Å². The van der Waals surface area contributed by atoms with Crippen LogP contribution in [0.25, 0.3) is 0 Å². The fourth-order valence-corrected chi connectivity index (χ4v) is 2.70. The normalized spacial score (nSPS) is 18.4. The monoisotopic (exact) mass is 295 g/mol. The summed E-state index contributed by atoms with van der Waals surface area (Å²) >= 11 is 0. The first-order valence-corrected chi connectivity index (χ1v) is 8.16. The maximum atomic E-state index is 6.08. The molecule has 0 unspecified atom stereocenters. The van der Waals surface area contributed by atoms with E-state index >= 15 is 0 Å². The van der Waals surface area contributed by atoms with Crippen molar-refractivity contribution in [2.45, 2.75) is 46.1 Å². The first-order valence-electron chi connectivity index (χ1n) is 8.16. The highest BCUT2D eigenvalue weighted by Crippen LogP contribution is 2.19. The molecule has 0 spiro atoms. The van der Waals surface area contributed by atoms with E-state index in [4.69, 9.17) is 10.3 Å². The van der Waals surface area contributed by atoms with Gasteiger partial charge in [0.1, 0.15) is 0 Å². The summed E-state index contributed by atoms with van der Waals surface area (Å²) in [7, 11) is 0. The SMILES string of the molecule is CCCC[C@@H](N)c1nc(N2CCN(CC(C)C)CC2)no1. The number of nitrogens with two attached hydrogens (primary N) is 1. The van der Waals surface area contributed by atoms with Crippen molar-refractivity contribution < 1.29 is 4.52 Å². The summed E-state index contributed by atoms with van der Waals surface area (Å²) in [6.07, 6.45) is 3.12. The number of anilines is 1. The topological polar surface area (TPSA) is 71.4 Å². The number of nitrogens with zero attached hydrogens (tertiary/aromatic N) is 4. The van der Waals surface area contributed by atoms with Crippen LogP contribution in [0.5, 0.6) is 0 Å². The Labute approximate surface area is 127 Å². The summed E-state index contributed by atoms with van der Waals surface area (Å²) in [4.78, 5) is 9.16. The molecule has 6 nitrogen and oxygen atoms in total. The Hall–Kier alpha value is -1.14. The van der Waals surface area contributed by atoms with Crippen molar-refractivity contribution >= 4 is 5.95 Å². The van der Waals surface area contributed by atoms with Gasteiger partial charge in [0.15, 0.2) is 0 Å². The summed E-state index contributed by atoms with van der Waals surface area (Å²) < 4.78 is 5.33. The third-order valence-corrected chi connectivity index (χ3v) is 3.90. The molecule has 0 radical (unpaired) electrons. The Morgan fingerprint density at radius 3 is 2.57 bits per heavy atom. The van der Waals surface area contributed by atoms with Crippen molar-refractivity contribution in [3.8, 4) is 0 Å². The van der Waals surface area contributed by atoms with E-state index in [0.717, 1.165) is 52.0 Å². The van der Waals surface area contributed by atoms with Gasteiger partial charge in [-0.25, -0.2) is 0 Å². The van der Waals surface area contributed by atoms with Gasteiger partial charge >= 0.3 is 0 Å². The molecule has 0 amide bonds. The van der Waals surface area contributed by atoms with Gasteiger partial charge in [-0.2, -0.15) is 4.98 Å². The number of hydrogen-bond acceptors (Lipinski definition) is 6. The lowest BCUT2D eigenvalue weighted by Gasteiger charge is -2.34. The third kappa shape index (κ3) is 4.68. The van der Waals surface area contributed by atoms with Crippen LogP contribution < -0.4 is 10.6 Å². The first kappa shape index (κ1) is 16.2. The molecule has 1 aromatic heterocycles. The van der Waals surface area contributed by atoms with Crippen LogP contribution in [0.15, 0.2) is 4.52 Å². The number of unbranched alkanes of at least 4 members (excludes halogenated alkanes) is 1. The van der Waals surface area contributed by atoms with Crippen molar-refractivity contribution in [1.82, 2.24) is 15.0 Å². The predicted molar refractivity (Wildman–Crippen MR) is 84.2 cm³/mol. The van der Waals surface area contributed by atoms with E-state index in [2.05, 4.69) is 40.7 Å². The Bertz CT molecular complexity index is 412. The summed E-state index contributed by atoms with van der Waals surface area (Å²) in [5.74, 6) is 1.98. The molecule has 2 rings (SSSR count). The maximum absolute atomic E-state index is 6.08. The van der Waals surface area contributed by atoms with Crippen molar-refractivity contribution in [2.24, 2.45) is 11.7 Å². The van der Waals surface area contributed by atoms with Gasteiger partial charge in [-0.1, -0.05) is 33.6 Å². The molecule has 2 heterocycles. The van der Waals surface area contributed by atoms with Crippen LogP contribution in [0.2, 0.25) is 0 Å². The molecule has 120 valence electrons. The van der Waals surface area contributed by atoms with Crippen LogP contribution in [0.1, 0.15) is 52.0 Å². The van der Waals surface area contributed by atoms with E-state index in [1.54, 1.807) is 0 Å². The van der Waals surface area contributed by atoms with Gasteiger partial charge in [0.05, 0.1) is 6.04 Å². The Morgan fingerprint density at radius 1 is 1.24 bits per heavy atom. The first-order chi connectivity index (χ1) is 10.1. The minimum atomic E-state index is -0.131. The second-order valence-electron chi connectivity index (χ2n) is 6.36. The molecular weight excluding hydrogens is 266 g/mol. The molecule has 6 heteroatoms. The molecule has 1 aliphatic rings. The Balaban J connectivity index is 1.85. The van der Waals surface area contributed by atoms with Gasteiger partial charge in [-0.3, -0.25) is 4.90 Å². The van der Waals surface area contributed by atoms with Crippen LogP contribution in [0.4, 0.5) is 5.95 Å². The largest absolute Gasteiger partial charge is 0.336 e. The lowest BCUT2D eigenvalue weighted by molar-refractivity contribution is 0.229. The zero-order valence-corrected chi connectivity index (χ0v) is 13.6. The van der Waals surface area contributed by atoms with Crippen LogP contribution in [0.3, 0.4) is 0 Å². The van der Waals surface area contributed by atoms with Gasteiger partial charge in [0, 0.05) is 32.7 Å². The quantitative estimate of drug-likeness (QED) is 0.830. The lowest BCUT2D eigenvalue weighted by atomic mass is 10.1. The van der Waals surface area contributed by atoms with Gasteiger partial charge in [0.2, 0.25) is 5.89 Å². The standard InChI is InChI=1S/C15H29N5O/c1-4-5-6-13(16)14-17-15(18-21-14)20-9-7-19(8-10-20)11-12(2)3/h12-13H,4-11,16H2,1-3H3/t13-/m1/s1. The Morgan fingerprint density at radius 2 is 1.95 bits per heavy atom. The third-order valence-electron chi connectivity index (χ3n) is 3.90. The average molecular weight is 295 g/mol. The second-order valence-corrected chi connectivity index (χ2v) is 6.36. The van der Waals surface area contributed by atoms with E-state index in [1.807, 2.05) is 0 Å². The van der Waals surface area contributed by atoms with E-state index < -0.39 is 0 Å². The minimum Gasteiger partial charge on any atom is -0.336 e. The summed E-state index contributed by atoms with van der Waals surface area (Å²) in [5.41, 5.74) is 6.08. The Kier molecular flexibility index (Phi) is 5.99. The molecule has 0 saturated carbocycles. The molecule has 1 aliphatic heterocycles. The molecule has 1 aromatic rings. The van der Waals surface area contributed by atoms with Gasteiger partial charge in [-0.05, 0) is 17.5 Å². The van der Waals surface area contributed by atoms with Gasteiger partial charge in [0.25, 0.3) is 5.95 Å². The molecule has 0 bridgehead atoms. The fourth-order valence-electron chi connectivity index (χ4n) is 2.70. The zero-order chi connectivity index (χ0) is 15.2. The number of aromatic nitrogens is 2. The molecule has 1 fully saturated rings. The van der Waals surface area contributed by atoms with Crippen LogP contribution in [-0.4, -0.2) is 47.8 Å². The lowest BCUT2D eigenvalue weighted by Crippen LogP contribution is -2.47. The number of hydrogen-bond donors (Lipinski definition) is 1.